The third-order valence-corrected chi connectivity index (χ3v) is 3.99. The van der Waals surface area contributed by atoms with Crippen LogP contribution in [0.3, 0.4) is 0 Å². The highest BCUT2D eigenvalue weighted by molar-refractivity contribution is 5.91. The van der Waals surface area contributed by atoms with Crippen molar-refractivity contribution in [2.75, 3.05) is 14.2 Å². The fourth-order valence-corrected chi connectivity index (χ4v) is 2.68. The van der Waals surface area contributed by atoms with Gasteiger partial charge < -0.3 is 14.1 Å². The van der Waals surface area contributed by atoms with E-state index in [1.807, 2.05) is 30.3 Å². The summed E-state index contributed by atoms with van der Waals surface area (Å²) in [7, 11) is 3.36. The summed E-state index contributed by atoms with van der Waals surface area (Å²) in [6.45, 7) is 0.881. The zero-order valence-corrected chi connectivity index (χ0v) is 14.4. The van der Waals surface area contributed by atoms with Crippen molar-refractivity contribution in [2.45, 2.75) is 13.2 Å². The zero-order valence-electron chi connectivity index (χ0n) is 14.4. The third-order valence-electron chi connectivity index (χ3n) is 3.99. The van der Waals surface area contributed by atoms with Crippen molar-refractivity contribution in [3.8, 4) is 11.1 Å². The quantitative estimate of drug-likeness (QED) is 0.672. The molecule has 0 fully saturated rings. The number of hydrogen-bond acceptors (Lipinski definition) is 3. The maximum atomic E-state index is 12.4. The van der Waals surface area contributed by atoms with Crippen molar-refractivity contribution in [2.24, 2.45) is 0 Å². The Morgan fingerprint density at radius 3 is 2.32 bits per heavy atom. The summed E-state index contributed by atoms with van der Waals surface area (Å²) in [6.07, 6.45) is 0. The molecule has 4 heteroatoms. The molecule has 25 heavy (non-hydrogen) atoms. The second-order valence-corrected chi connectivity index (χ2v) is 5.92. The van der Waals surface area contributed by atoms with Crippen LogP contribution in [0.1, 0.15) is 21.9 Å². The van der Waals surface area contributed by atoms with Gasteiger partial charge in [-0.2, -0.15) is 0 Å². The van der Waals surface area contributed by atoms with Gasteiger partial charge in [-0.15, -0.1) is 0 Å². The average molecular weight is 335 g/mol. The van der Waals surface area contributed by atoms with Crippen molar-refractivity contribution < 1.29 is 13.9 Å². The topological polar surface area (TPSA) is 42.7 Å². The highest BCUT2D eigenvalue weighted by Gasteiger charge is 2.16. The number of carbonyl (C=O) groups excluding carboxylic acids is 1. The average Bonchev–Trinajstić information content (AvgIpc) is 3.11. The Balaban J connectivity index is 1.65. The van der Waals surface area contributed by atoms with E-state index in [1.165, 1.54) is 5.56 Å². The summed E-state index contributed by atoms with van der Waals surface area (Å²) in [5.41, 5.74) is 3.41. The van der Waals surface area contributed by atoms with Gasteiger partial charge in [0, 0.05) is 20.7 Å². The highest BCUT2D eigenvalue weighted by Crippen LogP contribution is 2.20. The summed E-state index contributed by atoms with van der Waals surface area (Å²) in [4.78, 5) is 14.1. The van der Waals surface area contributed by atoms with E-state index in [1.54, 1.807) is 31.2 Å². The molecule has 0 spiro atoms. The molecular weight excluding hydrogens is 314 g/mol. The first kappa shape index (κ1) is 17.0. The Labute approximate surface area is 147 Å². The normalized spacial score (nSPS) is 10.6. The molecule has 1 heterocycles. The molecule has 128 valence electrons. The summed E-state index contributed by atoms with van der Waals surface area (Å²) < 4.78 is 10.5. The van der Waals surface area contributed by atoms with E-state index in [0.717, 1.165) is 11.1 Å². The number of ether oxygens (including phenoxy) is 1. The second-order valence-electron chi connectivity index (χ2n) is 5.92. The Bertz CT molecular complexity index is 822. The first-order valence-corrected chi connectivity index (χ1v) is 8.15. The molecule has 2 aromatic carbocycles. The Morgan fingerprint density at radius 1 is 0.960 bits per heavy atom. The van der Waals surface area contributed by atoms with Crippen molar-refractivity contribution in [3.63, 3.8) is 0 Å². The molecule has 0 atom stereocenters. The lowest BCUT2D eigenvalue weighted by molar-refractivity contribution is 0.0745. The number of carbonyl (C=O) groups is 1. The number of hydrogen-bond donors (Lipinski definition) is 0. The van der Waals surface area contributed by atoms with Crippen molar-refractivity contribution in [1.29, 1.82) is 0 Å². The van der Waals surface area contributed by atoms with E-state index in [4.69, 9.17) is 9.15 Å². The predicted molar refractivity (Wildman–Crippen MR) is 97.1 cm³/mol. The van der Waals surface area contributed by atoms with E-state index in [2.05, 4.69) is 24.3 Å². The van der Waals surface area contributed by atoms with Crippen LogP contribution in [0.15, 0.2) is 71.1 Å². The van der Waals surface area contributed by atoms with Crippen LogP contribution in [0.2, 0.25) is 0 Å². The molecule has 0 aliphatic carbocycles. The van der Waals surface area contributed by atoms with E-state index in [9.17, 15) is 4.79 Å². The number of nitrogens with zero attached hydrogens (tertiary/aromatic N) is 1. The molecule has 0 aliphatic rings. The van der Waals surface area contributed by atoms with Crippen molar-refractivity contribution in [3.05, 3.63) is 83.8 Å². The van der Waals surface area contributed by atoms with Gasteiger partial charge in [0.25, 0.3) is 5.91 Å². The molecule has 0 bridgehead atoms. The molecule has 4 nitrogen and oxygen atoms in total. The number of benzene rings is 2. The van der Waals surface area contributed by atoms with Crippen molar-refractivity contribution >= 4 is 5.91 Å². The molecular formula is C21H21NO3. The van der Waals surface area contributed by atoms with Gasteiger partial charge in [-0.25, -0.2) is 0 Å². The lowest BCUT2D eigenvalue weighted by atomic mass is 10.0. The van der Waals surface area contributed by atoms with E-state index >= 15 is 0 Å². The maximum absolute atomic E-state index is 12.4. The van der Waals surface area contributed by atoms with Crippen LogP contribution in [0, 0.1) is 0 Å². The summed E-state index contributed by atoms with van der Waals surface area (Å²) in [6, 6.07) is 21.9. The van der Waals surface area contributed by atoms with Gasteiger partial charge in [0.15, 0.2) is 5.76 Å². The molecule has 0 saturated heterocycles. The molecule has 0 aliphatic heterocycles. The van der Waals surface area contributed by atoms with Gasteiger partial charge in [0.2, 0.25) is 0 Å². The zero-order chi connectivity index (χ0) is 17.6. The Hall–Kier alpha value is -2.85. The first-order valence-electron chi connectivity index (χ1n) is 8.15. The molecule has 0 saturated carbocycles. The number of rotatable bonds is 6. The fourth-order valence-electron chi connectivity index (χ4n) is 2.68. The maximum Gasteiger partial charge on any atom is 0.289 e. The minimum Gasteiger partial charge on any atom is -0.453 e. The van der Waals surface area contributed by atoms with E-state index in [-0.39, 0.29) is 5.91 Å². The fraction of sp³-hybridized carbons (Fsp3) is 0.190. The molecule has 0 N–H and O–H groups in total. The monoisotopic (exact) mass is 335 g/mol. The minimum atomic E-state index is -0.144. The summed E-state index contributed by atoms with van der Waals surface area (Å²) in [5, 5.41) is 0. The first-order chi connectivity index (χ1) is 12.2. The number of furan rings is 1. The van der Waals surface area contributed by atoms with E-state index < -0.39 is 0 Å². The van der Waals surface area contributed by atoms with Gasteiger partial charge >= 0.3 is 0 Å². The molecule has 1 aromatic heterocycles. The molecule has 0 radical (unpaired) electrons. The van der Waals surface area contributed by atoms with Gasteiger partial charge in [-0.05, 0) is 28.8 Å². The highest BCUT2D eigenvalue weighted by atomic mass is 16.5. The van der Waals surface area contributed by atoms with Gasteiger partial charge in [0.05, 0.1) is 0 Å². The molecule has 1 amide bonds. The lowest BCUT2D eigenvalue weighted by Crippen LogP contribution is -2.25. The SMILES string of the molecule is COCc1ccc(C(=O)N(C)Cc2ccc(-c3ccccc3)cc2)o1. The number of methoxy groups -OCH3 is 1. The van der Waals surface area contributed by atoms with Gasteiger partial charge in [-0.1, -0.05) is 54.6 Å². The van der Waals surface area contributed by atoms with Crippen molar-refractivity contribution in [1.82, 2.24) is 4.90 Å². The van der Waals surface area contributed by atoms with Crippen LogP contribution in [-0.4, -0.2) is 25.0 Å². The Kier molecular flexibility index (Phi) is 5.31. The van der Waals surface area contributed by atoms with Crippen LogP contribution in [-0.2, 0) is 17.9 Å². The van der Waals surface area contributed by atoms with Crippen LogP contribution < -0.4 is 0 Å². The van der Waals surface area contributed by atoms with Crippen LogP contribution >= 0.6 is 0 Å². The third kappa shape index (κ3) is 4.17. The molecule has 3 rings (SSSR count). The summed E-state index contributed by atoms with van der Waals surface area (Å²) in [5.74, 6) is 0.830. The smallest absolute Gasteiger partial charge is 0.289 e. The summed E-state index contributed by atoms with van der Waals surface area (Å²) >= 11 is 0. The van der Waals surface area contributed by atoms with Gasteiger partial charge in [0.1, 0.15) is 12.4 Å². The van der Waals surface area contributed by atoms with Crippen LogP contribution in [0.5, 0.6) is 0 Å². The Morgan fingerprint density at radius 2 is 1.64 bits per heavy atom. The minimum absolute atomic E-state index is 0.144. The number of amides is 1. The predicted octanol–water partition coefficient (Wildman–Crippen LogP) is 4.37. The molecule has 0 unspecified atom stereocenters. The standard InChI is InChI=1S/C21H21NO3/c1-22(21(23)20-13-12-19(25-20)15-24-2)14-16-8-10-18(11-9-16)17-6-4-3-5-7-17/h3-13H,14-15H2,1-2H3. The largest absolute Gasteiger partial charge is 0.453 e. The second kappa shape index (κ2) is 7.81. The van der Waals surface area contributed by atoms with Crippen LogP contribution in [0.4, 0.5) is 0 Å². The van der Waals surface area contributed by atoms with E-state index in [0.29, 0.717) is 24.7 Å². The molecule has 3 aromatic rings. The van der Waals surface area contributed by atoms with Crippen LogP contribution in [0.25, 0.3) is 11.1 Å². The van der Waals surface area contributed by atoms with Gasteiger partial charge in [-0.3, -0.25) is 4.79 Å². The lowest BCUT2D eigenvalue weighted by Gasteiger charge is -2.16.